The number of thiazole rings is 1. The maximum absolute atomic E-state index is 5.15. The lowest BCUT2D eigenvalue weighted by atomic mass is 10.3. The second-order valence-corrected chi connectivity index (χ2v) is 7.62. The van der Waals surface area contributed by atoms with Gasteiger partial charge in [-0.1, -0.05) is 5.16 Å². The average molecular weight is 490 g/mol. The van der Waals surface area contributed by atoms with E-state index in [9.17, 15) is 0 Å². The van der Waals surface area contributed by atoms with Gasteiger partial charge in [0.15, 0.2) is 5.96 Å². The normalized spacial score (nSPS) is 15.8. The van der Waals surface area contributed by atoms with Crippen LogP contribution in [0.15, 0.2) is 15.6 Å². The Hall–Kier alpha value is -1.20. The Morgan fingerprint density at radius 2 is 2.00 bits per heavy atom. The van der Waals surface area contributed by atoms with E-state index in [4.69, 9.17) is 4.52 Å². The maximum atomic E-state index is 5.15. The summed E-state index contributed by atoms with van der Waals surface area (Å²) in [4.78, 5) is 14.9. The van der Waals surface area contributed by atoms with Crippen molar-refractivity contribution in [3.05, 3.63) is 33.1 Å². The topological polar surface area (TPSA) is 69.8 Å². The van der Waals surface area contributed by atoms with Crippen molar-refractivity contribution in [2.45, 2.75) is 33.9 Å². The van der Waals surface area contributed by atoms with Crippen molar-refractivity contribution in [3.8, 4) is 0 Å². The Morgan fingerprint density at radius 3 is 2.54 bits per heavy atom. The van der Waals surface area contributed by atoms with Crippen molar-refractivity contribution in [3.63, 3.8) is 0 Å². The third kappa shape index (κ3) is 5.40. The Bertz CT molecular complexity index is 735. The molecular formula is C17H27IN6OS. The molecule has 0 spiro atoms. The molecule has 0 amide bonds. The first kappa shape index (κ1) is 21.1. The largest absolute Gasteiger partial charge is 0.361 e. The molecule has 3 rings (SSSR count). The van der Waals surface area contributed by atoms with Crippen LogP contribution < -0.4 is 5.32 Å². The van der Waals surface area contributed by atoms with Gasteiger partial charge in [0.1, 0.15) is 5.76 Å². The van der Waals surface area contributed by atoms with Gasteiger partial charge in [-0.15, -0.1) is 35.3 Å². The van der Waals surface area contributed by atoms with E-state index in [1.807, 2.05) is 27.0 Å². The van der Waals surface area contributed by atoms with Crippen molar-refractivity contribution in [2.75, 3.05) is 33.2 Å². The number of nitrogens with zero attached hydrogens (tertiary/aromatic N) is 5. The summed E-state index contributed by atoms with van der Waals surface area (Å²) < 4.78 is 5.15. The molecule has 1 saturated heterocycles. The molecule has 0 bridgehead atoms. The Balaban J connectivity index is 0.00000243. The number of rotatable bonds is 4. The van der Waals surface area contributed by atoms with Gasteiger partial charge in [0.2, 0.25) is 0 Å². The zero-order valence-electron chi connectivity index (χ0n) is 15.8. The zero-order chi connectivity index (χ0) is 17.8. The SMILES string of the molecule is CN=C(NCc1sc(C)nc1C)N1CCN(Cc2cc(C)on2)CC1.I. The van der Waals surface area contributed by atoms with Crippen molar-refractivity contribution in [1.82, 2.24) is 25.3 Å². The molecule has 1 fully saturated rings. The van der Waals surface area contributed by atoms with Crippen LogP contribution in [-0.2, 0) is 13.1 Å². The van der Waals surface area contributed by atoms with Crippen LogP contribution >= 0.6 is 35.3 Å². The molecule has 7 nitrogen and oxygen atoms in total. The lowest BCUT2D eigenvalue weighted by molar-refractivity contribution is 0.169. The molecule has 1 aliphatic rings. The fraction of sp³-hybridized carbons (Fsp3) is 0.588. The van der Waals surface area contributed by atoms with Crippen LogP contribution in [0.2, 0.25) is 0 Å². The van der Waals surface area contributed by atoms with E-state index in [-0.39, 0.29) is 24.0 Å². The smallest absolute Gasteiger partial charge is 0.194 e. The molecule has 2 aromatic heterocycles. The van der Waals surface area contributed by atoms with E-state index in [0.29, 0.717) is 0 Å². The molecule has 0 radical (unpaired) electrons. The first-order chi connectivity index (χ1) is 12.0. The van der Waals surface area contributed by atoms with E-state index >= 15 is 0 Å². The van der Waals surface area contributed by atoms with Crippen LogP contribution in [-0.4, -0.2) is 59.1 Å². The second kappa shape index (κ2) is 9.65. The summed E-state index contributed by atoms with van der Waals surface area (Å²) in [5.74, 6) is 1.83. The lowest BCUT2D eigenvalue weighted by Crippen LogP contribution is -2.52. The van der Waals surface area contributed by atoms with Gasteiger partial charge < -0.3 is 14.7 Å². The molecule has 0 aromatic carbocycles. The highest BCUT2D eigenvalue weighted by Gasteiger charge is 2.20. The van der Waals surface area contributed by atoms with Gasteiger partial charge in [-0.2, -0.15) is 0 Å². The van der Waals surface area contributed by atoms with Crippen LogP contribution in [0.25, 0.3) is 0 Å². The quantitative estimate of drug-likeness (QED) is 0.404. The third-order valence-electron chi connectivity index (χ3n) is 4.35. The summed E-state index contributed by atoms with van der Waals surface area (Å²) in [7, 11) is 1.84. The molecule has 144 valence electrons. The highest BCUT2D eigenvalue weighted by atomic mass is 127. The van der Waals surface area contributed by atoms with E-state index in [2.05, 4.69) is 37.2 Å². The Morgan fingerprint density at radius 1 is 1.27 bits per heavy atom. The molecule has 26 heavy (non-hydrogen) atoms. The van der Waals surface area contributed by atoms with Crippen molar-refractivity contribution < 1.29 is 4.52 Å². The minimum absolute atomic E-state index is 0. The van der Waals surface area contributed by atoms with Crippen molar-refractivity contribution in [1.29, 1.82) is 0 Å². The molecule has 1 N–H and O–H groups in total. The number of hydrogen-bond donors (Lipinski definition) is 1. The molecule has 0 aliphatic carbocycles. The molecular weight excluding hydrogens is 463 g/mol. The highest BCUT2D eigenvalue weighted by molar-refractivity contribution is 14.0. The molecule has 0 unspecified atom stereocenters. The number of aromatic nitrogens is 2. The van der Waals surface area contributed by atoms with E-state index in [1.54, 1.807) is 11.3 Å². The lowest BCUT2D eigenvalue weighted by Gasteiger charge is -2.36. The number of aliphatic imine (C=N–C) groups is 1. The standard InChI is InChI=1S/C17H26N6OS.HI/c1-12-9-15(21-24-12)11-22-5-7-23(8-6-22)17(18-4)19-10-16-13(2)20-14(3)25-16;/h9H,5-8,10-11H2,1-4H3,(H,18,19);1H. The summed E-state index contributed by atoms with van der Waals surface area (Å²) in [6.07, 6.45) is 0. The summed E-state index contributed by atoms with van der Waals surface area (Å²) >= 11 is 1.75. The van der Waals surface area contributed by atoms with Gasteiger partial charge in [0.25, 0.3) is 0 Å². The first-order valence-corrected chi connectivity index (χ1v) is 9.40. The number of hydrogen-bond acceptors (Lipinski definition) is 6. The van der Waals surface area contributed by atoms with Gasteiger partial charge in [-0.25, -0.2) is 4.98 Å². The fourth-order valence-corrected chi connectivity index (χ4v) is 3.95. The summed E-state index contributed by atoms with van der Waals surface area (Å²) in [5.41, 5.74) is 2.11. The third-order valence-corrected chi connectivity index (χ3v) is 5.43. The van der Waals surface area contributed by atoms with Crippen LogP contribution in [0.5, 0.6) is 0 Å². The Labute approximate surface area is 175 Å². The molecule has 2 aromatic rings. The predicted octanol–water partition coefficient (Wildman–Crippen LogP) is 2.57. The highest BCUT2D eigenvalue weighted by Crippen LogP contribution is 2.17. The fourth-order valence-electron chi connectivity index (χ4n) is 3.07. The zero-order valence-corrected chi connectivity index (χ0v) is 18.9. The van der Waals surface area contributed by atoms with E-state index in [0.717, 1.165) is 67.4 Å². The van der Waals surface area contributed by atoms with E-state index in [1.165, 1.54) is 4.88 Å². The summed E-state index contributed by atoms with van der Waals surface area (Å²) in [6, 6.07) is 2.01. The molecule has 1 aliphatic heterocycles. The first-order valence-electron chi connectivity index (χ1n) is 8.58. The van der Waals surface area contributed by atoms with Gasteiger partial charge >= 0.3 is 0 Å². The van der Waals surface area contributed by atoms with Gasteiger partial charge in [0, 0.05) is 50.7 Å². The van der Waals surface area contributed by atoms with Gasteiger partial charge in [-0.3, -0.25) is 9.89 Å². The van der Waals surface area contributed by atoms with Gasteiger partial charge in [0.05, 0.1) is 22.9 Å². The van der Waals surface area contributed by atoms with Crippen LogP contribution in [0.3, 0.4) is 0 Å². The van der Waals surface area contributed by atoms with Crippen molar-refractivity contribution in [2.24, 2.45) is 4.99 Å². The number of aryl methyl sites for hydroxylation is 3. The molecule has 0 atom stereocenters. The van der Waals surface area contributed by atoms with Gasteiger partial charge in [-0.05, 0) is 20.8 Å². The predicted molar refractivity (Wildman–Crippen MR) is 115 cm³/mol. The molecule has 3 heterocycles. The average Bonchev–Trinajstić information content (AvgIpc) is 3.14. The van der Waals surface area contributed by atoms with Crippen molar-refractivity contribution >= 4 is 41.3 Å². The molecule has 0 saturated carbocycles. The second-order valence-electron chi connectivity index (χ2n) is 6.33. The summed E-state index contributed by atoms with van der Waals surface area (Å²) in [6.45, 7) is 11.6. The van der Waals surface area contributed by atoms with Crippen LogP contribution in [0, 0.1) is 20.8 Å². The van der Waals surface area contributed by atoms with Crippen LogP contribution in [0.4, 0.5) is 0 Å². The van der Waals surface area contributed by atoms with Crippen LogP contribution in [0.1, 0.15) is 27.0 Å². The Kier molecular flexibility index (Phi) is 7.84. The molecule has 9 heteroatoms. The number of piperazine rings is 1. The minimum Gasteiger partial charge on any atom is -0.361 e. The number of nitrogens with one attached hydrogen (secondary N) is 1. The minimum atomic E-state index is 0. The number of halogens is 1. The summed E-state index contributed by atoms with van der Waals surface area (Å²) in [5, 5.41) is 8.67. The monoisotopic (exact) mass is 490 g/mol. The maximum Gasteiger partial charge on any atom is 0.194 e. The van der Waals surface area contributed by atoms with E-state index < -0.39 is 0 Å². The number of guanidine groups is 1.